The maximum Gasteiger partial charge on any atom is 0.489 e. The van der Waals surface area contributed by atoms with E-state index in [1.807, 2.05) is 30.3 Å². The lowest BCUT2D eigenvalue weighted by molar-refractivity contribution is -0.202. The first kappa shape index (κ1) is 15.6. The van der Waals surface area contributed by atoms with E-state index in [-0.39, 0.29) is 17.6 Å². The molecule has 0 aliphatic rings. The van der Waals surface area contributed by atoms with Crippen molar-refractivity contribution in [3.8, 4) is 0 Å². The quantitative estimate of drug-likeness (QED) is 0.758. The van der Waals surface area contributed by atoms with Crippen molar-refractivity contribution < 1.29 is 18.3 Å². The number of hydrogen-bond donors (Lipinski definition) is 1. The smallest absolute Gasteiger partial charge is 0.392 e. The van der Waals surface area contributed by atoms with Gasteiger partial charge in [-0.2, -0.15) is 0 Å². The number of alkyl halides is 3. The van der Waals surface area contributed by atoms with Crippen molar-refractivity contribution in [2.75, 3.05) is 0 Å². The van der Waals surface area contributed by atoms with Crippen LogP contribution < -0.4 is 0 Å². The van der Waals surface area contributed by atoms with Crippen molar-refractivity contribution in [1.82, 2.24) is 4.57 Å². The monoisotopic (exact) mass is 319 g/mol. The number of halogens is 3. The minimum Gasteiger partial charge on any atom is -0.392 e. The molecule has 0 spiro atoms. The van der Waals surface area contributed by atoms with Crippen LogP contribution >= 0.6 is 0 Å². The van der Waals surface area contributed by atoms with Crippen LogP contribution in [0.5, 0.6) is 0 Å². The van der Waals surface area contributed by atoms with Crippen LogP contribution in [0.15, 0.2) is 54.6 Å². The highest BCUT2D eigenvalue weighted by molar-refractivity contribution is 5.85. The predicted octanol–water partition coefficient (Wildman–Crippen LogP) is 4.40. The molecule has 1 heterocycles. The van der Waals surface area contributed by atoms with Crippen LogP contribution in [0.4, 0.5) is 13.2 Å². The fraction of sp³-hybridized carbons (Fsp3) is 0.222. The molecule has 1 N–H and O–H groups in total. The van der Waals surface area contributed by atoms with Crippen molar-refractivity contribution in [2.45, 2.75) is 25.7 Å². The number of fused-ring (bicyclic) bond motifs is 1. The van der Waals surface area contributed by atoms with Crippen LogP contribution in [0.25, 0.3) is 10.9 Å². The third-order valence-corrected chi connectivity index (χ3v) is 3.99. The summed E-state index contributed by atoms with van der Waals surface area (Å²) < 4.78 is 41.0. The van der Waals surface area contributed by atoms with E-state index >= 15 is 0 Å². The molecular formula is C18H16F3NO. The second-order valence-corrected chi connectivity index (χ2v) is 5.39. The molecule has 5 heteroatoms. The van der Waals surface area contributed by atoms with Gasteiger partial charge in [0, 0.05) is 16.6 Å². The standard InChI is InChI=1S/C18H16F3NO/c19-18(20,21)22-16-9-5-4-8-14(16)15(12-23)17(22)11-10-13-6-2-1-3-7-13/h1-9,23H,10-12H2. The fourth-order valence-corrected chi connectivity index (χ4v) is 3.00. The van der Waals surface area contributed by atoms with E-state index in [4.69, 9.17) is 0 Å². The molecule has 0 atom stereocenters. The van der Waals surface area contributed by atoms with Crippen LogP contribution in [0.3, 0.4) is 0 Å². The van der Waals surface area contributed by atoms with E-state index in [1.165, 1.54) is 6.07 Å². The second kappa shape index (κ2) is 6.08. The maximum atomic E-state index is 13.5. The van der Waals surface area contributed by atoms with Crippen LogP contribution in [0.1, 0.15) is 16.8 Å². The number of aromatic nitrogens is 1. The van der Waals surface area contributed by atoms with Gasteiger partial charge in [0.25, 0.3) is 0 Å². The Kier molecular flexibility index (Phi) is 4.13. The van der Waals surface area contributed by atoms with Gasteiger partial charge in [0.15, 0.2) is 0 Å². The molecule has 3 rings (SSSR count). The summed E-state index contributed by atoms with van der Waals surface area (Å²) in [6.45, 7) is -0.409. The minimum atomic E-state index is -4.51. The molecule has 0 unspecified atom stereocenters. The van der Waals surface area contributed by atoms with Crippen LogP contribution in [-0.2, 0) is 25.7 Å². The Morgan fingerprint density at radius 3 is 2.17 bits per heavy atom. The SMILES string of the molecule is OCc1c(CCc2ccccc2)n(C(F)(F)F)c2ccccc12. The van der Waals surface area contributed by atoms with Crippen molar-refractivity contribution in [1.29, 1.82) is 0 Å². The van der Waals surface area contributed by atoms with Crippen molar-refractivity contribution >= 4 is 10.9 Å². The molecule has 2 aromatic carbocycles. The lowest BCUT2D eigenvalue weighted by Crippen LogP contribution is -2.20. The summed E-state index contributed by atoms with van der Waals surface area (Å²) in [4.78, 5) is 0. The molecule has 1 aromatic heterocycles. The summed E-state index contributed by atoms with van der Waals surface area (Å²) in [6, 6.07) is 15.7. The number of aliphatic hydroxyl groups is 1. The number of benzene rings is 2. The molecule has 0 aliphatic heterocycles. The van der Waals surface area contributed by atoms with E-state index in [0.29, 0.717) is 21.9 Å². The zero-order chi connectivity index (χ0) is 16.4. The molecule has 0 amide bonds. The average Bonchev–Trinajstić information content (AvgIpc) is 2.87. The lowest BCUT2D eigenvalue weighted by atomic mass is 10.0. The Bertz CT molecular complexity index is 806. The summed E-state index contributed by atoms with van der Waals surface area (Å²) in [7, 11) is 0. The molecule has 120 valence electrons. The summed E-state index contributed by atoms with van der Waals surface area (Å²) >= 11 is 0. The van der Waals surface area contributed by atoms with Gasteiger partial charge in [0.05, 0.1) is 12.1 Å². The van der Waals surface area contributed by atoms with Gasteiger partial charge in [0.1, 0.15) is 0 Å². The van der Waals surface area contributed by atoms with Crippen molar-refractivity contribution in [3.05, 3.63) is 71.4 Å². The molecule has 0 fully saturated rings. The molecular weight excluding hydrogens is 303 g/mol. The maximum absolute atomic E-state index is 13.5. The Morgan fingerprint density at radius 2 is 1.52 bits per heavy atom. The fourth-order valence-electron chi connectivity index (χ4n) is 3.00. The van der Waals surface area contributed by atoms with Crippen LogP contribution in [0.2, 0.25) is 0 Å². The van der Waals surface area contributed by atoms with Gasteiger partial charge in [0.2, 0.25) is 0 Å². The number of nitrogens with zero attached hydrogens (tertiary/aromatic N) is 1. The van der Waals surface area contributed by atoms with Crippen molar-refractivity contribution in [3.63, 3.8) is 0 Å². The highest BCUT2D eigenvalue weighted by Crippen LogP contribution is 2.35. The van der Waals surface area contributed by atoms with E-state index < -0.39 is 12.9 Å². The number of rotatable bonds is 4. The lowest BCUT2D eigenvalue weighted by Gasteiger charge is -2.15. The molecule has 0 radical (unpaired) electrons. The summed E-state index contributed by atoms with van der Waals surface area (Å²) in [6.07, 6.45) is -3.81. The third-order valence-electron chi connectivity index (χ3n) is 3.99. The molecule has 0 saturated carbocycles. The second-order valence-electron chi connectivity index (χ2n) is 5.39. The van der Waals surface area contributed by atoms with E-state index in [2.05, 4.69) is 0 Å². The molecule has 0 bridgehead atoms. The highest BCUT2D eigenvalue weighted by atomic mass is 19.4. The minimum absolute atomic E-state index is 0.0899. The first-order valence-corrected chi connectivity index (χ1v) is 7.35. The predicted molar refractivity (Wildman–Crippen MR) is 83.0 cm³/mol. The molecule has 23 heavy (non-hydrogen) atoms. The molecule has 0 aliphatic carbocycles. The van der Waals surface area contributed by atoms with E-state index in [0.717, 1.165) is 5.56 Å². The van der Waals surface area contributed by atoms with Crippen LogP contribution in [0, 0.1) is 0 Å². The van der Waals surface area contributed by atoms with Gasteiger partial charge >= 0.3 is 6.30 Å². The topological polar surface area (TPSA) is 25.2 Å². The number of hydrogen-bond acceptors (Lipinski definition) is 1. The Morgan fingerprint density at radius 1 is 0.870 bits per heavy atom. The molecule has 3 aromatic rings. The number of aryl methyl sites for hydroxylation is 1. The largest absolute Gasteiger partial charge is 0.489 e. The highest BCUT2D eigenvalue weighted by Gasteiger charge is 2.36. The van der Waals surface area contributed by atoms with Gasteiger partial charge in [-0.15, -0.1) is 13.2 Å². The Labute approximate surface area is 131 Å². The normalized spacial score (nSPS) is 12.0. The first-order valence-electron chi connectivity index (χ1n) is 7.35. The van der Waals surface area contributed by atoms with Crippen molar-refractivity contribution in [2.24, 2.45) is 0 Å². The van der Waals surface area contributed by atoms with Gasteiger partial charge in [-0.3, -0.25) is 4.57 Å². The number of para-hydroxylation sites is 1. The Hall–Kier alpha value is -2.27. The summed E-state index contributed by atoms with van der Waals surface area (Å²) in [5.74, 6) is 0. The zero-order valence-electron chi connectivity index (χ0n) is 12.3. The average molecular weight is 319 g/mol. The van der Waals surface area contributed by atoms with Crippen LogP contribution in [-0.4, -0.2) is 9.67 Å². The van der Waals surface area contributed by atoms with E-state index in [1.54, 1.807) is 18.2 Å². The zero-order valence-corrected chi connectivity index (χ0v) is 12.3. The van der Waals surface area contributed by atoms with Gasteiger partial charge in [-0.05, 0) is 24.5 Å². The summed E-state index contributed by atoms with van der Waals surface area (Å²) in [5, 5.41) is 10.1. The van der Waals surface area contributed by atoms with E-state index in [9.17, 15) is 18.3 Å². The van der Waals surface area contributed by atoms with Gasteiger partial charge in [-0.1, -0.05) is 48.5 Å². The molecule has 0 saturated heterocycles. The third kappa shape index (κ3) is 2.97. The first-order chi connectivity index (χ1) is 11.0. The Balaban J connectivity index is 2.10. The molecule has 2 nitrogen and oxygen atoms in total. The number of aliphatic hydroxyl groups excluding tert-OH is 1. The summed E-state index contributed by atoms with van der Waals surface area (Å²) in [5.41, 5.74) is 1.54. The van der Waals surface area contributed by atoms with Gasteiger partial charge < -0.3 is 5.11 Å². The van der Waals surface area contributed by atoms with Gasteiger partial charge in [-0.25, -0.2) is 0 Å².